The van der Waals surface area contributed by atoms with Crippen LogP contribution >= 0.6 is 0 Å². The van der Waals surface area contributed by atoms with Crippen molar-refractivity contribution >= 4 is 5.91 Å². The SMILES string of the molecule is COc1cc(CN2CCc3nc[nH]c3C2)ccc1OCC(=O)N1CCOCC1. The van der Waals surface area contributed by atoms with Crippen LogP contribution in [0.5, 0.6) is 11.5 Å². The van der Waals surface area contributed by atoms with E-state index in [1.807, 2.05) is 18.2 Å². The second-order valence-electron chi connectivity index (χ2n) is 7.06. The highest BCUT2D eigenvalue weighted by atomic mass is 16.5. The van der Waals surface area contributed by atoms with Crippen LogP contribution in [0.15, 0.2) is 24.5 Å². The fourth-order valence-electron chi connectivity index (χ4n) is 3.63. The Bertz CT molecular complexity index is 816. The zero-order valence-corrected chi connectivity index (χ0v) is 16.1. The molecule has 1 saturated heterocycles. The van der Waals surface area contributed by atoms with Gasteiger partial charge in [0.1, 0.15) is 0 Å². The zero-order chi connectivity index (χ0) is 19.3. The number of aromatic nitrogens is 2. The number of imidazole rings is 1. The Morgan fingerprint density at radius 3 is 2.93 bits per heavy atom. The van der Waals surface area contributed by atoms with Gasteiger partial charge in [-0.2, -0.15) is 0 Å². The van der Waals surface area contributed by atoms with Crippen molar-refractivity contribution in [3.8, 4) is 11.5 Å². The van der Waals surface area contributed by atoms with Crippen molar-refractivity contribution in [1.82, 2.24) is 19.8 Å². The van der Waals surface area contributed by atoms with Crippen molar-refractivity contribution in [2.45, 2.75) is 19.5 Å². The minimum atomic E-state index is -0.0295. The summed E-state index contributed by atoms with van der Waals surface area (Å²) in [5.41, 5.74) is 3.51. The predicted octanol–water partition coefficient (Wildman–Crippen LogP) is 1.21. The maximum Gasteiger partial charge on any atom is 0.260 e. The molecule has 0 saturated carbocycles. The molecule has 2 aromatic rings. The van der Waals surface area contributed by atoms with Crippen molar-refractivity contribution < 1.29 is 19.0 Å². The molecular weight excluding hydrogens is 360 g/mol. The summed E-state index contributed by atoms with van der Waals surface area (Å²) in [6.45, 7) is 5.07. The molecule has 0 spiro atoms. The number of rotatable bonds is 6. The lowest BCUT2D eigenvalue weighted by Gasteiger charge is -2.27. The van der Waals surface area contributed by atoms with Gasteiger partial charge in [0.05, 0.1) is 38.0 Å². The maximum absolute atomic E-state index is 12.3. The van der Waals surface area contributed by atoms with Gasteiger partial charge < -0.3 is 24.1 Å². The summed E-state index contributed by atoms with van der Waals surface area (Å²) < 4.78 is 16.5. The first-order valence-electron chi connectivity index (χ1n) is 9.61. The molecule has 3 heterocycles. The average molecular weight is 386 g/mol. The Hall–Kier alpha value is -2.58. The van der Waals surface area contributed by atoms with E-state index in [4.69, 9.17) is 14.2 Å². The van der Waals surface area contributed by atoms with E-state index >= 15 is 0 Å². The minimum absolute atomic E-state index is 0.00440. The monoisotopic (exact) mass is 386 g/mol. The number of fused-ring (bicyclic) bond motifs is 1. The number of hydrogen-bond acceptors (Lipinski definition) is 6. The third-order valence-electron chi connectivity index (χ3n) is 5.20. The summed E-state index contributed by atoms with van der Waals surface area (Å²) in [6, 6.07) is 5.89. The number of carbonyl (C=O) groups is 1. The van der Waals surface area contributed by atoms with E-state index in [1.54, 1.807) is 18.3 Å². The van der Waals surface area contributed by atoms with Crippen molar-refractivity contribution in [2.24, 2.45) is 0 Å². The van der Waals surface area contributed by atoms with Crippen LogP contribution in [0.1, 0.15) is 17.0 Å². The first-order valence-corrected chi connectivity index (χ1v) is 9.61. The second-order valence-corrected chi connectivity index (χ2v) is 7.06. The first kappa shape index (κ1) is 18.8. The molecule has 28 heavy (non-hydrogen) atoms. The minimum Gasteiger partial charge on any atom is -0.493 e. The summed E-state index contributed by atoms with van der Waals surface area (Å²) in [4.78, 5) is 24.0. The lowest BCUT2D eigenvalue weighted by Crippen LogP contribution is -2.43. The Labute approximate surface area is 164 Å². The molecule has 0 bridgehead atoms. The zero-order valence-electron chi connectivity index (χ0n) is 16.1. The van der Waals surface area contributed by atoms with E-state index in [0.717, 1.165) is 31.6 Å². The number of carbonyl (C=O) groups excluding carboxylic acids is 1. The summed E-state index contributed by atoms with van der Waals surface area (Å²) in [6.07, 6.45) is 2.72. The summed E-state index contributed by atoms with van der Waals surface area (Å²) in [5, 5.41) is 0. The van der Waals surface area contributed by atoms with Crippen molar-refractivity contribution in [3.05, 3.63) is 41.5 Å². The molecule has 4 rings (SSSR count). The largest absolute Gasteiger partial charge is 0.493 e. The fourth-order valence-corrected chi connectivity index (χ4v) is 3.63. The summed E-state index contributed by atoms with van der Waals surface area (Å²) >= 11 is 0. The highest BCUT2D eigenvalue weighted by molar-refractivity contribution is 5.78. The van der Waals surface area contributed by atoms with Gasteiger partial charge in [-0.3, -0.25) is 9.69 Å². The van der Waals surface area contributed by atoms with Gasteiger partial charge in [0, 0.05) is 39.1 Å². The normalized spacial score (nSPS) is 17.2. The van der Waals surface area contributed by atoms with Gasteiger partial charge >= 0.3 is 0 Å². The molecule has 2 aliphatic heterocycles. The van der Waals surface area contributed by atoms with Crippen molar-refractivity contribution in [3.63, 3.8) is 0 Å². The molecule has 0 atom stereocenters. The number of ether oxygens (including phenoxy) is 3. The van der Waals surface area contributed by atoms with Crippen LogP contribution in [0.25, 0.3) is 0 Å². The van der Waals surface area contributed by atoms with E-state index in [1.165, 1.54) is 11.4 Å². The van der Waals surface area contributed by atoms with Gasteiger partial charge in [-0.25, -0.2) is 4.98 Å². The maximum atomic E-state index is 12.3. The van der Waals surface area contributed by atoms with E-state index in [-0.39, 0.29) is 12.5 Å². The van der Waals surface area contributed by atoms with Crippen LogP contribution in [0.4, 0.5) is 0 Å². The molecule has 0 aliphatic carbocycles. The molecule has 0 radical (unpaired) electrons. The van der Waals surface area contributed by atoms with E-state index in [2.05, 4.69) is 14.9 Å². The number of methoxy groups -OCH3 is 1. The quantitative estimate of drug-likeness (QED) is 0.804. The van der Waals surface area contributed by atoms with E-state index < -0.39 is 0 Å². The standard InChI is InChI=1S/C20H26N4O4/c1-26-19-10-15(11-23-5-4-16-17(12-23)22-14-21-16)2-3-18(19)28-13-20(25)24-6-8-27-9-7-24/h2-3,10,14H,4-9,11-13H2,1H3,(H,21,22). The number of morpholine rings is 1. The van der Waals surface area contributed by atoms with Gasteiger partial charge in [0.15, 0.2) is 18.1 Å². The highest BCUT2D eigenvalue weighted by Gasteiger charge is 2.20. The molecule has 2 aliphatic rings. The van der Waals surface area contributed by atoms with E-state index in [0.29, 0.717) is 37.8 Å². The molecule has 8 nitrogen and oxygen atoms in total. The molecule has 150 valence electrons. The number of aromatic amines is 1. The number of nitrogens with one attached hydrogen (secondary N) is 1. The number of hydrogen-bond donors (Lipinski definition) is 1. The lowest BCUT2D eigenvalue weighted by molar-refractivity contribution is -0.137. The van der Waals surface area contributed by atoms with Crippen molar-refractivity contribution in [2.75, 3.05) is 46.6 Å². The third-order valence-corrected chi connectivity index (χ3v) is 5.20. The summed E-state index contributed by atoms with van der Waals surface area (Å²) in [5.74, 6) is 1.20. The summed E-state index contributed by atoms with van der Waals surface area (Å²) in [7, 11) is 1.62. The van der Waals surface area contributed by atoms with Gasteiger partial charge in [0.25, 0.3) is 5.91 Å². The molecule has 1 aromatic carbocycles. The van der Waals surface area contributed by atoms with Gasteiger partial charge in [-0.15, -0.1) is 0 Å². The molecule has 8 heteroatoms. The van der Waals surface area contributed by atoms with Crippen LogP contribution in [0.3, 0.4) is 0 Å². The van der Waals surface area contributed by atoms with Gasteiger partial charge in [-0.05, 0) is 17.7 Å². The van der Waals surface area contributed by atoms with E-state index in [9.17, 15) is 4.79 Å². The fraction of sp³-hybridized carbons (Fsp3) is 0.500. The topological polar surface area (TPSA) is 79.9 Å². The molecule has 1 aromatic heterocycles. The Morgan fingerprint density at radius 1 is 1.25 bits per heavy atom. The van der Waals surface area contributed by atoms with Crippen LogP contribution in [0.2, 0.25) is 0 Å². The number of benzene rings is 1. The highest BCUT2D eigenvalue weighted by Crippen LogP contribution is 2.29. The first-order chi connectivity index (χ1) is 13.7. The van der Waals surface area contributed by atoms with Crippen LogP contribution in [-0.2, 0) is 29.0 Å². The molecular formula is C20H26N4O4. The molecule has 1 fully saturated rings. The van der Waals surface area contributed by atoms with Crippen LogP contribution in [0, 0.1) is 0 Å². The Kier molecular flexibility index (Phi) is 5.78. The number of H-pyrrole nitrogens is 1. The lowest BCUT2D eigenvalue weighted by atomic mass is 10.1. The molecule has 1 amide bonds. The van der Waals surface area contributed by atoms with Crippen LogP contribution in [-0.4, -0.2) is 72.2 Å². The third kappa shape index (κ3) is 4.28. The molecule has 0 unspecified atom stereocenters. The smallest absolute Gasteiger partial charge is 0.260 e. The second kappa shape index (κ2) is 8.62. The average Bonchev–Trinajstić information content (AvgIpc) is 3.21. The van der Waals surface area contributed by atoms with Crippen LogP contribution < -0.4 is 9.47 Å². The molecule has 1 N–H and O–H groups in total. The van der Waals surface area contributed by atoms with Gasteiger partial charge in [0.2, 0.25) is 0 Å². The Balaban J connectivity index is 1.35. The van der Waals surface area contributed by atoms with Crippen molar-refractivity contribution in [1.29, 1.82) is 0 Å². The Morgan fingerprint density at radius 2 is 2.11 bits per heavy atom. The predicted molar refractivity (Wildman–Crippen MR) is 102 cm³/mol. The number of nitrogens with zero attached hydrogens (tertiary/aromatic N) is 3. The van der Waals surface area contributed by atoms with Gasteiger partial charge in [-0.1, -0.05) is 6.07 Å². The number of amides is 1.